The van der Waals surface area contributed by atoms with E-state index in [-0.39, 0.29) is 12.1 Å². The van der Waals surface area contributed by atoms with E-state index in [1.807, 2.05) is 19.1 Å². The standard InChI is InChI=1S/C17H16FN3O4/c1-2-11-4-3-5-13(8-11)20-16(22)10-19-17(23)14-7-6-12(18)9-15(14)21(24)25/h3-9H,2,10H2,1H3,(H,19,23)(H,20,22). The van der Waals surface area contributed by atoms with Gasteiger partial charge in [0, 0.05) is 5.69 Å². The molecule has 0 aliphatic heterocycles. The van der Waals surface area contributed by atoms with Crippen molar-refractivity contribution >= 4 is 23.2 Å². The molecule has 0 radical (unpaired) electrons. The van der Waals surface area contributed by atoms with Crippen molar-refractivity contribution in [2.75, 3.05) is 11.9 Å². The van der Waals surface area contributed by atoms with Crippen molar-refractivity contribution in [3.05, 3.63) is 69.5 Å². The number of nitro groups is 1. The molecule has 8 heteroatoms. The lowest BCUT2D eigenvalue weighted by molar-refractivity contribution is -0.385. The molecule has 0 bridgehead atoms. The van der Waals surface area contributed by atoms with Crippen LogP contribution in [0.1, 0.15) is 22.8 Å². The number of carbonyl (C=O) groups excluding carboxylic acids is 2. The first-order valence-corrected chi connectivity index (χ1v) is 7.51. The molecule has 0 heterocycles. The molecule has 0 aromatic heterocycles. The molecular formula is C17H16FN3O4. The van der Waals surface area contributed by atoms with Crippen LogP contribution in [0.15, 0.2) is 42.5 Å². The van der Waals surface area contributed by atoms with E-state index in [2.05, 4.69) is 10.6 Å². The zero-order valence-electron chi connectivity index (χ0n) is 13.4. The predicted molar refractivity (Wildman–Crippen MR) is 89.8 cm³/mol. The van der Waals surface area contributed by atoms with Gasteiger partial charge in [0.25, 0.3) is 11.6 Å². The minimum atomic E-state index is -0.853. The molecule has 0 atom stereocenters. The normalized spacial score (nSPS) is 10.2. The molecule has 0 saturated carbocycles. The minimum absolute atomic E-state index is 0.313. The summed E-state index contributed by atoms with van der Waals surface area (Å²) in [5.41, 5.74) is 0.663. The van der Waals surface area contributed by atoms with Gasteiger partial charge in [-0.05, 0) is 36.2 Å². The summed E-state index contributed by atoms with van der Waals surface area (Å²) in [6.07, 6.45) is 0.814. The number of amides is 2. The molecule has 0 unspecified atom stereocenters. The fraction of sp³-hybridized carbons (Fsp3) is 0.176. The lowest BCUT2D eigenvalue weighted by Crippen LogP contribution is -2.33. The van der Waals surface area contributed by atoms with Crippen LogP contribution in [-0.4, -0.2) is 23.3 Å². The van der Waals surface area contributed by atoms with E-state index >= 15 is 0 Å². The van der Waals surface area contributed by atoms with E-state index in [1.54, 1.807) is 12.1 Å². The Bertz CT molecular complexity index is 823. The van der Waals surface area contributed by atoms with Crippen LogP contribution in [0.4, 0.5) is 15.8 Å². The highest BCUT2D eigenvalue weighted by Crippen LogP contribution is 2.19. The van der Waals surface area contributed by atoms with E-state index < -0.39 is 28.2 Å². The van der Waals surface area contributed by atoms with E-state index in [0.717, 1.165) is 24.1 Å². The second-order valence-corrected chi connectivity index (χ2v) is 5.20. The van der Waals surface area contributed by atoms with Crippen LogP contribution in [0, 0.1) is 15.9 Å². The van der Waals surface area contributed by atoms with Gasteiger partial charge in [0.15, 0.2) is 0 Å². The number of anilines is 1. The number of nitro benzene ring substituents is 1. The highest BCUT2D eigenvalue weighted by molar-refractivity contribution is 6.01. The van der Waals surface area contributed by atoms with Crippen molar-refractivity contribution in [3.8, 4) is 0 Å². The van der Waals surface area contributed by atoms with E-state index in [9.17, 15) is 24.1 Å². The first-order chi connectivity index (χ1) is 11.9. The summed E-state index contributed by atoms with van der Waals surface area (Å²) in [6, 6.07) is 9.85. The minimum Gasteiger partial charge on any atom is -0.343 e. The van der Waals surface area contributed by atoms with E-state index in [0.29, 0.717) is 11.8 Å². The largest absolute Gasteiger partial charge is 0.343 e. The number of nitrogens with zero attached hydrogens (tertiary/aromatic N) is 1. The molecule has 0 spiro atoms. The first kappa shape index (κ1) is 18.1. The molecule has 2 N–H and O–H groups in total. The fourth-order valence-corrected chi connectivity index (χ4v) is 2.18. The van der Waals surface area contributed by atoms with Crippen LogP contribution in [-0.2, 0) is 11.2 Å². The second-order valence-electron chi connectivity index (χ2n) is 5.20. The number of hydrogen-bond donors (Lipinski definition) is 2. The number of rotatable bonds is 6. The third-order valence-electron chi connectivity index (χ3n) is 3.43. The topological polar surface area (TPSA) is 101 Å². The zero-order valence-corrected chi connectivity index (χ0v) is 13.4. The lowest BCUT2D eigenvalue weighted by atomic mass is 10.1. The number of halogens is 1. The summed E-state index contributed by atoms with van der Waals surface area (Å²) in [7, 11) is 0. The Kier molecular flexibility index (Phi) is 5.78. The van der Waals surface area contributed by atoms with E-state index in [4.69, 9.17) is 0 Å². The van der Waals surface area contributed by atoms with Gasteiger partial charge in [-0.25, -0.2) is 4.39 Å². The summed E-state index contributed by atoms with van der Waals surface area (Å²) in [4.78, 5) is 34.0. The molecule has 2 amide bonds. The van der Waals surface area contributed by atoms with Crippen LogP contribution in [0.25, 0.3) is 0 Å². The lowest BCUT2D eigenvalue weighted by Gasteiger charge is -2.08. The Morgan fingerprint density at radius 2 is 1.96 bits per heavy atom. The Labute approximate surface area is 143 Å². The van der Waals surface area contributed by atoms with Gasteiger partial charge < -0.3 is 10.6 Å². The molecule has 25 heavy (non-hydrogen) atoms. The second kappa shape index (κ2) is 8.00. The summed E-state index contributed by atoms with van der Waals surface area (Å²) in [5.74, 6) is -2.13. The Balaban J connectivity index is 2.00. The van der Waals surface area contributed by atoms with Crippen LogP contribution >= 0.6 is 0 Å². The third kappa shape index (κ3) is 4.84. The third-order valence-corrected chi connectivity index (χ3v) is 3.43. The number of carbonyl (C=O) groups is 2. The summed E-state index contributed by atoms with van der Waals surface area (Å²) < 4.78 is 13.1. The Morgan fingerprint density at radius 1 is 1.20 bits per heavy atom. The van der Waals surface area contributed by atoms with Crippen molar-refractivity contribution in [2.45, 2.75) is 13.3 Å². The maximum atomic E-state index is 13.1. The predicted octanol–water partition coefficient (Wildman–Crippen LogP) is 2.66. The van der Waals surface area contributed by atoms with Gasteiger partial charge in [-0.1, -0.05) is 19.1 Å². The van der Waals surface area contributed by atoms with Crippen LogP contribution < -0.4 is 10.6 Å². The quantitative estimate of drug-likeness (QED) is 0.621. The fourth-order valence-electron chi connectivity index (χ4n) is 2.18. The van der Waals surface area contributed by atoms with Gasteiger partial charge >= 0.3 is 0 Å². The molecule has 2 aromatic carbocycles. The SMILES string of the molecule is CCc1cccc(NC(=O)CNC(=O)c2ccc(F)cc2[N+](=O)[O-])c1. The monoisotopic (exact) mass is 345 g/mol. The van der Waals surface area contributed by atoms with Crippen molar-refractivity contribution in [1.29, 1.82) is 0 Å². The van der Waals surface area contributed by atoms with Crippen molar-refractivity contribution in [2.24, 2.45) is 0 Å². The van der Waals surface area contributed by atoms with Gasteiger partial charge in [-0.3, -0.25) is 19.7 Å². The van der Waals surface area contributed by atoms with Crippen LogP contribution in [0.2, 0.25) is 0 Å². The summed E-state index contributed by atoms with van der Waals surface area (Å²) >= 11 is 0. The van der Waals surface area contributed by atoms with Gasteiger partial charge in [0.2, 0.25) is 5.91 Å². The van der Waals surface area contributed by atoms with E-state index in [1.165, 1.54) is 0 Å². The Hall–Kier alpha value is -3.29. The summed E-state index contributed by atoms with van der Waals surface area (Å²) in [6.45, 7) is 1.61. The maximum absolute atomic E-state index is 13.1. The van der Waals surface area contributed by atoms with Gasteiger partial charge in [-0.15, -0.1) is 0 Å². The average molecular weight is 345 g/mol. The highest BCUT2D eigenvalue weighted by Gasteiger charge is 2.21. The van der Waals surface area contributed by atoms with Gasteiger partial charge in [0.1, 0.15) is 11.4 Å². The molecule has 0 aliphatic rings. The first-order valence-electron chi connectivity index (χ1n) is 7.51. The van der Waals surface area contributed by atoms with Crippen molar-refractivity contribution in [3.63, 3.8) is 0 Å². The number of hydrogen-bond acceptors (Lipinski definition) is 4. The van der Waals surface area contributed by atoms with Gasteiger partial charge in [-0.2, -0.15) is 0 Å². The number of benzene rings is 2. The smallest absolute Gasteiger partial charge is 0.285 e. The van der Waals surface area contributed by atoms with Crippen molar-refractivity contribution in [1.82, 2.24) is 5.32 Å². The molecule has 0 saturated heterocycles. The van der Waals surface area contributed by atoms with Crippen LogP contribution in [0.5, 0.6) is 0 Å². The molecule has 2 rings (SSSR count). The molecule has 2 aromatic rings. The molecular weight excluding hydrogens is 329 g/mol. The van der Waals surface area contributed by atoms with Crippen molar-refractivity contribution < 1.29 is 18.9 Å². The average Bonchev–Trinajstić information content (AvgIpc) is 2.59. The van der Waals surface area contributed by atoms with Crippen LogP contribution in [0.3, 0.4) is 0 Å². The highest BCUT2D eigenvalue weighted by atomic mass is 19.1. The van der Waals surface area contributed by atoms with Gasteiger partial charge in [0.05, 0.1) is 17.5 Å². The molecule has 0 aliphatic carbocycles. The number of nitrogens with one attached hydrogen (secondary N) is 2. The summed E-state index contributed by atoms with van der Waals surface area (Å²) in [5, 5.41) is 15.8. The molecule has 7 nitrogen and oxygen atoms in total. The zero-order chi connectivity index (χ0) is 18.4. The Morgan fingerprint density at radius 3 is 2.64 bits per heavy atom. The number of aryl methyl sites for hydroxylation is 1. The molecule has 0 fully saturated rings. The molecule has 130 valence electrons. The maximum Gasteiger partial charge on any atom is 0.285 e.